The summed E-state index contributed by atoms with van der Waals surface area (Å²) in [4.78, 5) is 19.2. The van der Waals surface area contributed by atoms with E-state index in [1.54, 1.807) is 13.2 Å². The van der Waals surface area contributed by atoms with Crippen LogP contribution in [0, 0.1) is 5.92 Å². The van der Waals surface area contributed by atoms with Crippen LogP contribution in [-0.4, -0.2) is 65.7 Å². The number of hydrogen-bond donors (Lipinski definition) is 1. The first-order valence-electron chi connectivity index (χ1n) is 19.4. The van der Waals surface area contributed by atoms with E-state index < -0.39 is 0 Å². The van der Waals surface area contributed by atoms with Crippen molar-refractivity contribution in [3.63, 3.8) is 0 Å². The van der Waals surface area contributed by atoms with Gasteiger partial charge in [-0.3, -0.25) is 9.69 Å². The second-order valence-electron chi connectivity index (χ2n) is 15.2. The molecular weight excluding hydrogens is 620 g/mol. The van der Waals surface area contributed by atoms with Crippen LogP contribution in [-0.2, 0) is 29.5 Å². The summed E-state index contributed by atoms with van der Waals surface area (Å²) >= 11 is 0. The van der Waals surface area contributed by atoms with Gasteiger partial charge in [0.05, 0.1) is 13.2 Å². The van der Waals surface area contributed by atoms with Crippen LogP contribution in [0.15, 0.2) is 79.4 Å². The first-order chi connectivity index (χ1) is 24.5. The number of carbonyl (C=O) groups is 1. The molecule has 0 unspecified atom stereocenters. The zero-order chi connectivity index (χ0) is 34.5. The number of benzene rings is 3. The summed E-state index contributed by atoms with van der Waals surface area (Å²) in [5.41, 5.74) is 4.72. The molecule has 3 aromatic rings. The van der Waals surface area contributed by atoms with Crippen molar-refractivity contribution in [2.75, 3.05) is 26.7 Å². The van der Waals surface area contributed by atoms with Crippen LogP contribution in [0.3, 0.4) is 0 Å². The zero-order valence-electron chi connectivity index (χ0n) is 30.0. The average molecular weight is 677 g/mol. The van der Waals surface area contributed by atoms with Crippen LogP contribution < -0.4 is 9.47 Å². The summed E-state index contributed by atoms with van der Waals surface area (Å²) in [6.45, 7) is 6.63. The lowest BCUT2D eigenvalue weighted by molar-refractivity contribution is -0.142. The van der Waals surface area contributed by atoms with E-state index in [2.05, 4.69) is 77.0 Å². The molecule has 1 saturated carbocycles. The number of amides is 1. The van der Waals surface area contributed by atoms with Gasteiger partial charge in [-0.25, -0.2) is 0 Å². The van der Waals surface area contributed by atoms with E-state index >= 15 is 0 Å². The van der Waals surface area contributed by atoms with Crippen molar-refractivity contribution in [1.29, 1.82) is 0 Å². The molecule has 6 heteroatoms. The maximum Gasteiger partial charge on any atom is 0.222 e. The van der Waals surface area contributed by atoms with Crippen LogP contribution in [0.4, 0.5) is 0 Å². The highest BCUT2D eigenvalue weighted by Crippen LogP contribution is 2.65. The Balaban J connectivity index is 1.09. The summed E-state index contributed by atoms with van der Waals surface area (Å²) < 4.78 is 13.0. The van der Waals surface area contributed by atoms with Gasteiger partial charge in [0.2, 0.25) is 5.91 Å². The molecule has 2 fully saturated rings. The number of ether oxygens (including phenoxy) is 2. The third-order valence-corrected chi connectivity index (χ3v) is 12.5. The number of likely N-dealkylation sites (tertiary alicyclic amines) is 1. The summed E-state index contributed by atoms with van der Waals surface area (Å²) in [6, 6.07) is 23.5. The Bertz CT molecular complexity index is 1610. The molecule has 1 N–H and O–H groups in total. The number of phenols is 1. The minimum Gasteiger partial charge on any atom is -0.508 e. The monoisotopic (exact) mass is 676 g/mol. The molecule has 7 rings (SSSR count). The topological polar surface area (TPSA) is 62.2 Å². The van der Waals surface area contributed by atoms with E-state index in [0.717, 1.165) is 95.2 Å². The van der Waals surface area contributed by atoms with Crippen molar-refractivity contribution in [2.24, 2.45) is 5.92 Å². The molecule has 0 aromatic heterocycles. The Morgan fingerprint density at radius 1 is 0.980 bits per heavy atom. The van der Waals surface area contributed by atoms with Crippen molar-refractivity contribution < 1.29 is 19.4 Å². The van der Waals surface area contributed by atoms with Gasteiger partial charge in [-0.15, -0.1) is 6.58 Å². The second kappa shape index (κ2) is 15.6. The first-order valence-corrected chi connectivity index (χ1v) is 19.4. The van der Waals surface area contributed by atoms with E-state index in [1.807, 2.05) is 6.08 Å². The summed E-state index contributed by atoms with van der Waals surface area (Å²) in [5, 5.41) is 11.4. The third-order valence-electron chi connectivity index (χ3n) is 12.5. The lowest BCUT2D eigenvalue weighted by Gasteiger charge is -2.60. The highest BCUT2D eigenvalue weighted by atomic mass is 16.5. The molecule has 5 atom stereocenters. The molecule has 2 aliphatic heterocycles. The minimum absolute atomic E-state index is 0.00171. The number of phenolic OH excluding ortho intramolecular Hbond substituents is 1. The number of carbonyl (C=O) groups excluding carboxylic acids is 1. The average Bonchev–Trinajstić information content (AvgIpc) is 3.48. The smallest absolute Gasteiger partial charge is 0.222 e. The number of methoxy groups -OCH3 is 1. The number of aromatic hydroxyl groups is 1. The van der Waals surface area contributed by atoms with Gasteiger partial charge < -0.3 is 19.5 Å². The molecule has 2 bridgehead atoms. The van der Waals surface area contributed by atoms with Gasteiger partial charge >= 0.3 is 0 Å². The lowest BCUT2D eigenvalue weighted by atomic mass is 9.50. The van der Waals surface area contributed by atoms with Gasteiger partial charge in [0.15, 0.2) is 11.5 Å². The van der Waals surface area contributed by atoms with Crippen LogP contribution in [0.2, 0.25) is 0 Å². The standard InChI is InChI=1S/C44H56N2O4/c1-3-27-45-29-26-44-35-24-25-36(43(44)50-42-39(49-2)31-38(47)34(41(42)44)30-37(35)45)46(28-16-15-22-33-20-12-8-13-21-33)40(48)23-14-6-4-5-9-17-32-18-10-7-11-19-32/h3,7-8,10-13,18-21,31,35-37,43,47H,1,4-6,9,14-17,22-30H2,2H3/t35-,36-,37+,43-,44-/m0/s1. The molecule has 50 heavy (non-hydrogen) atoms. The molecule has 2 aliphatic carbocycles. The van der Waals surface area contributed by atoms with Crippen molar-refractivity contribution in [3.05, 3.63) is 102 Å². The fraction of sp³-hybridized carbons (Fsp3) is 0.523. The molecule has 266 valence electrons. The summed E-state index contributed by atoms with van der Waals surface area (Å²) in [5.74, 6) is 2.42. The minimum atomic E-state index is -0.235. The molecule has 1 amide bonds. The zero-order valence-corrected chi connectivity index (χ0v) is 30.0. The Morgan fingerprint density at radius 3 is 2.36 bits per heavy atom. The molecule has 2 heterocycles. The van der Waals surface area contributed by atoms with Crippen LogP contribution in [0.25, 0.3) is 0 Å². The number of hydrogen-bond acceptors (Lipinski definition) is 5. The molecule has 6 nitrogen and oxygen atoms in total. The highest BCUT2D eigenvalue weighted by Gasteiger charge is 2.67. The van der Waals surface area contributed by atoms with Gasteiger partial charge in [-0.05, 0) is 87.8 Å². The van der Waals surface area contributed by atoms with E-state index in [9.17, 15) is 9.90 Å². The molecule has 4 aliphatic rings. The highest BCUT2D eigenvalue weighted by molar-refractivity contribution is 5.77. The lowest BCUT2D eigenvalue weighted by Crippen LogP contribution is -2.69. The number of unbranched alkanes of at least 4 members (excludes halogenated alkanes) is 5. The van der Waals surface area contributed by atoms with E-state index in [-0.39, 0.29) is 23.5 Å². The molecule has 1 saturated heterocycles. The largest absolute Gasteiger partial charge is 0.508 e. The van der Waals surface area contributed by atoms with Crippen molar-refractivity contribution in [1.82, 2.24) is 9.80 Å². The van der Waals surface area contributed by atoms with Crippen molar-refractivity contribution in [3.8, 4) is 17.2 Å². The molecule has 3 aromatic carbocycles. The molecule has 0 radical (unpaired) electrons. The van der Waals surface area contributed by atoms with Crippen LogP contribution in [0.1, 0.15) is 92.9 Å². The van der Waals surface area contributed by atoms with Crippen LogP contribution >= 0.6 is 0 Å². The fourth-order valence-corrected chi connectivity index (χ4v) is 10.2. The quantitative estimate of drug-likeness (QED) is 0.115. The molecule has 1 spiro atoms. The van der Waals surface area contributed by atoms with Crippen molar-refractivity contribution in [2.45, 2.75) is 113 Å². The number of rotatable bonds is 17. The normalized spacial score (nSPS) is 24.7. The van der Waals surface area contributed by atoms with Crippen LogP contribution in [0.5, 0.6) is 17.2 Å². The number of aryl methyl sites for hydroxylation is 2. The predicted octanol–water partition coefficient (Wildman–Crippen LogP) is 8.43. The van der Waals surface area contributed by atoms with Gasteiger partial charge in [-0.1, -0.05) is 86.0 Å². The fourth-order valence-electron chi connectivity index (χ4n) is 10.2. The summed E-state index contributed by atoms with van der Waals surface area (Å²) in [7, 11) is 1.66. The Labute approximate surface area is 299 Å². The Morgan fingerprint density at radius 2 is 1.66 bits per heavy atom. The maximum atomic E-state index is 14.4. The van der Waals surface area contributed by atoms with E-state index in [4.69, 9.17) is 9.47 Å². The Hall–Kier alpha value is -3.77. The van der Waals surface area contributed by atoms with Gasteiger partial charge in [0.25, 0.3) is 0 Å². The first kappa shape index (κ1) is 34.7. The Kier molecular flexibility index (Phi) is 10.8. The molecular formula is C44H56N2O4. The second-order valence-corrected chi connectivity index (χ2v) is 15.2. The number of piperidine rings is 1. The van der Waals surface area contributed by atoms with Gasteiger partial charge in [0, 0.05) is 48.2 Å². The van der Waals surface area contributed by atoms with E-state index in [0.29, 0.717) is 29.9 Å². The van der Waals surface area contributed by atoms with E-state index in [1.165, 1.54) is 36.0 Å². The maximum absolute atomic E-state index is 14.4. The van der Waals surface area contributed by atoms with Gasteiger partial charge in [0.1, 0.15) is 11.9 Å². The number of nitrogens with zero attached hydrogens (tertiary/aromatic N) is 2. The SMILES string of the molecule is C=CCN1CC[C@]23c4c5c(O)cc(OC)c4O[C@H]2[C@@H](N(CCCCc2ccccc2)C(=O)CCCCCCCc2ccccc2)CC[C@H]3[C@H]1C5. The van der Waals surface area contributed by atoms with Crippen molar-refractivity contribution >= 4 is 5.91 Å². The third kappa shape index (κ3) is 6.68. The van der Waals surface area contributed by atoms with Gasteiger partial charge in [-0.2, -0.15) is 0 Å². The predicted molar refractivity (Wildman–Crippen MR) is 200 cm³/mol. The summed E-state index contributed by atoms with van der Waals surface area (Å²) in [6.07, 6.45) is 16.0.